The number of hydrogen-bond acceptors (Lipinski definition) is 3. The summed E-state index contributed by atoms with van der Waals surface area (Å²) in [5.41, 5.74) is 32.4. The van der Waals surface area contributed by atoms with E-state index < -0.39 is 0 Å². The van der Waals surface area contributed by atoms with Gasteiger partial charge in [-0.1, -0.05) is 218 Å². The van der Waals surface area contributed by atoms with Gasteiger partial charge in [-0.25, -0.2) is 0 Å². The molecular formula is C80H82BN3. The Balaban J connectivity index is 1.05. The lowest BCUT2D eigenvalue weighted by Gasteiger charge is -2.51. The smallest absolute Gasteiger partial charge is 0.252 e. The lowest BCUT2D eigenvalue weighted by Crippen LogP contribution is -2.62. The second kappa shape index (κ2) is 17.5. The summed E-state index contributed by atoms with van der Waals surface area (Å²) in [6, 6.07) is 70.0. The van der Waals surface area contributed by atoms with E-state index in [2.05, 4.69) is 294 Å². The van der Waals surface area contributed by atoms with Gasteiger partial charge in [0.2, 0.25) is 0 Å². The third-order valence-electron chi connectivity index (χ3n) is 22.2. The van der Waals surface area contributed by atoms with E-state index >= 15 is 0 Å². The average Bonchev–Trinajstić information content (AvgIpc) is 0.967. The zero-order chi connectivity index (χ0) is 58.6. The molecule has 9 aromatic carbocycles. The van der Waals surface area contributed by atoms with Gasteiger partial charge in [-0.15, -0.1) is 0 Å². The van der Waals surface area contributed by atoms with Gasteiger partial charge in [-0.2, -0.15) is 0 Å². The van der Waals surface area contributed by atoms with E-state index in [1.807, 2.05) is 0 Å². The quantitative estimate of drug-likeness (QED) is 0.163. The molecule has 2 unspecified atom stereocenters. The number of benzene rings is 9. The largest absolute Gasteiger partial charge is 0.334 e. The minimum atomic E-state index is -0.251. The lowest BCUT2D eigenvalue weighted by atomic mass is 9.33. The molecule has 420 valence electrons. The number of fused-ring (bicyclic) bond motifs is 12. The predicted molar refractivity (Wildman–Crippen MR) is 359 cm³/mol. The first-order valence-electron chi connectivity index (χ1n) is 31.4. The van der Waals surface area contributed by atoms with Crippen LogP contribution < -0.4 is 31.1 Å². The number of aryl methyl sites for hydroxylation is 1. The van der Waals surface area contributed by atoms with E-state index in [0.29, 0.717) is 0 Å². The highest BCUT2D eigenvalue weighted by Crippen LogP contribution is 2.62. The standard InChI is InChI=1S/C80H82BN3/c1-49-41-71-73-72(42-49)83(67-37-31-51(74(2,3)4)43-57(67)50-25-17-16-18-26-50)70-48-63-62(77(10,11)59-29-21-22-30-60(59)78(63,12)13)47-66(70)81(73)65-36-34-54(84-68-38-32-52(75(5,6)7)44-64(68)79(14)39-23-24-40-80(79,84)15)46-69(65)82(71)53-33-35-56-55-27-19-20-28-58(55)76(8,9)61(56)45-53/h16-22,25-38,41-48H,23-24,39-40H2,1-15H3. The Morgan fingerprint density at radius 2 is 0.940 bits per heavy atom. The first-order chi connectivity index (χ1) is 39.8. The third-order valence-corrected chi connectivity index (χ3v) is 22.2. The van der Waals surface area contributed by atoms with E-state index in [4.69, 9.17) is 0 Å². The molecule has 0 bridgehead atoms. The van der Waals surface area contributed by atoms with Crippen molar-refractivity contribution >= 4 is 68.6 Å². The van der Waals surface area contributed by atoms with Crippen LogP contribution in [0.25, 0.3) is 22.3 Å². The van der Waals surface area contributed by atoms with Crippen LogP contribution in [0.2, 0.25) is 0 Å². The highest BCUT2D eigenvalue weighted by atomic mass is 15.3. The number of hydrogen-bond donors (Lipinski definition) is 0. The van der Waals surface area contributed by atoms with Crippen LogP contribution in [0, 0.1) is 6.92 Å². The molecule has 0 aromatic heterocycles. The number of rotatable bonds is 4. The molecule has 3 aliphatic carbocycles. The molecule has 0 N–H and O–H groups in total. The van der Waals surface area contributed by atoms with Crippen molar-refractivity contribution in [3.05, 3.63) is 232 Å². The maximum Gasteiger partial charge on any atom is 0.252 e. The summed E-state index contributed by atoms with van der Waals surface area (Å²) in [7, 11) is 0. The summed E-state index contributed by atoms with van der Waals surface area (Å²) >= 11 is 0. The molecule has 4 heteroatoms. The molecule has 2 atom stereocenters. The van der Waals surface area contributed by atoms with Gasteiger partial charge < -0.3 is 14.7 Å². The maximum absolute atomic E-state index is 2.81. The molecule has 6 aliphatic rings. The summed E-state index contributed by atoms with van der Waals surface area (Å²) < 4.78 is 0. The third kappa shape index (κ3) is 7.18. The maximum atomic E-state index is 2.81. The van der Waals surface area contributed by atoms with Crippen LogP contribution in [0.5, 0.6) is 0 Å². The van der Waals surface area contributed by atoms with Gasteiger partial charge in [0.25, 0.3) is 6.71 Å². The van der Waals surface area contributed by atoms with Gasteiger partial charge >= 0.3 is 0 Å². The first-order valence-corrected chi connectivity index (χ1v) is 31.4. The van der Waals surface area contributed by atoms with Gasteiger partial charge in [-0.05, 0) is 187 Å². The second-order valence-electron chi connectivity index (χ2n) is 30.2. The number of anilines is 8. The van der Waals surface area contributed by atoms with Crippen molar-refractivity contribution in [2.24, 2.45) is 0 Å². The van der Waals surface area contributed by atoms with Gasteiger partial charge in [0.1, 0.15) is 0 Å². The molecular weight excluding hydrogens is 1010 g/mol. The fraction of sp³-hybridized carbons (Fsp3) is 0.325. The van der Waals surface area contributed by atoms with Crippen LogP contribution in [0.15, 0.2) is 176 Å². The Morgan fingerprint density at radius 3 is 1.63 bits per heavy atom. The molecule has 1 saturated carbocycles. The predicted octanol–water partition coefficient (Wildman–Crippen LogP) is 19.4. The van der Waals surface area contributed by atoms with E-state index in [1.54, 1.807) is 0 Å². The highest BCUT2D eigenvalue weighted by Gasteiger charge is 2.58. The van der Waals surface area contributed by atoms with Crippen molar-refractivity contribution in [1.29, 1.82) is 0 Å². The van der Waals surface area contributed by atoms with E-state index in [0.717, 1.165) is 6.42 Å². The van der Waals surface area contributed by atoms with E-state index in [-0.39, 0.29) is 44.7 Å². The van der Waals surface area contributed by atoms with Gasteiger partial charge in [0.15, 0.2) is 0 Å². The highest BCUT2D eigenvalue weighted by molar-refractivity contribution is 7.00. The molecule has 3 nitrogen and oxygen atoms in total. The van der Waals surface area contributed by atoms with E-state index in [1.165, 1.54) is 159 Å². The van der Waals surface area contributed by atoms with Gasteiger partial charge in [0.05, 0.1) is 11.2 Å². The summed E-state index contributed by atoms with van der Waals surface area (Å²) in [6.45, 7) is 36.3. The molecule has 0 radical (unpaired) electrons. The monoisotopic (exact) mass is 1100 g/mol. The summed E-state index contributed by atoms with van der Waals surface area (Å²) in [5.74, 6) is 0. The molecule has 15 rings (SSSR count). The molecule has 3 aliphatic heterocycles. The molecule has 0 amide bonds. The average molecular weight is 1100 g/mol. The van der Waals surface area contributed by atoms with Crippen LogP contribution in [0.4, 0.5) is 45.5 Å². The minimum Gasteiger partial charge on any atom is -0.334 e. The molecule has 0 spiro atoms. The van der Waals surface area contributed by atoms with Crippen molar-refractivity contribution < 1.29 is 0 Å². The minimum absolute atomic E-state index is 0.00956. The second-order valence-corrected chi connectivity index (χ2v) is 30.2. The zero-order valence-electron chi connectivity index (χ0n) is 52.5. The van der Waals surface area contributed by atoms with Crippen LogP contribution >= 0.6 is 0 Å². The Kier molecular flexibility index (Phi) is 11.1. The fourth-order valence-corrected chi connectivity index (χ4v) is 17.2. The van der Waals surface area contributed by atoms with Crippen molar-refractivity contribution in [3.8, 4) is 22.3 Å². The van der Waals surface area contributed by atoms with Gasteiger partial charge in [0, 0.05) is 67.0 Å². The normalized spacial score (nSPS) is 20.7. The van der Waals surface area contributed by atoms with Crippen LogP contribution in [-0.2, 0) is 32.5 Å². The van der Waals surface area contributed by atoms with Crippen molar-refractivity contribution in [2.45, 2.75) is 168 Å². The molecule has 9 aromatic rings. The molecule has 1 fully saturated rings. The van der Waals surface area contributed by atoms with Gasteiger partial charge in [-0.3, -0.25) is 0 Å². The SMILES string of the molecule is Cc1cc2c3c(c1)N(c1ccc(C(C)(C)C)cc1-c1ccccc1)c1cc4c(cc1B3c1ccc(N3c5ccc(C(C)(C)C)cc5C5(C)CCCCC35C)cc1N2c1ccc2c(c1)C(C)(C)c1ccccc1-2)C(C)(C)c1ccccc1C4(C)C. The topological polar surface area (TPSA) is 9.72 Å². The van der Waals surface area contributed by atoms with Crippen molar-refractivity contribution in [3.63, 3.8) is 0 Å². The van der Waals surface area contributed by atoms with Crippen LogP contribution in [-0.4, -0.2) is 12.3 Å². The Morgan fingerprint density at radius 1 is 0.381 bits per heavy atom. The summed E-state index contributed by atoms with van der Waals surface area (Å²) in [5, 5.41) is 0. The van der Waals surface area contributed by atoms with Crippen LogP contribution in [0.3, 0.4) is 0 Å². The Bertz CT molecular complexity index is 4280. The molecule has 3 heterocycles. The Hall–Kier alpha value is -7.56. The first kappa shape index (κ1) is 53.2. The molecule has 84 heavy (non-hydrogen) atoms. The van der Waals surface area contributed by atoms with Crippen molar-refractivity contribution in [1.82, 2.24) is 0 Å². The summed E-state index contributed by atoms with van der Waals surface area (Å²) in [6.07, 6.45) is 4.81. The van der Waals surface area contributed by atoms with Crippen molar-refractivity contribution in [2.75, 3.05) is 14.7 Å². The lowest BCUT2D eigenvalue weighted by molar-refractivity contribution is 0.195. The van der Waals surface area contributed by atoms with E-state index in [9.17, 15) is 0 Å². The van der Waals surface area contributed by atoms with Crippen LogP contribution in [0.1, 0.15) is 178 Å². The fourth-order valence-electron chi connectivity index (χ4n) is 17.2. The Labute approximate surface area is 501 Å². The molecule has 0 saturated heterocycles. The zero-order valence-corrected chi connectivity index (χ0v) is 52.5. The number of nitrogens with zero attached hydrogens (tertiary/aromatic N) is 3. The summed E-state index contributed by atoms with van der Waals surface area (Å²) in [4.78, 5) is 8.22.